The van der Waals surface area contributed by atoms with E-state index in [-0.39, 0.29) is 18.5 Å². The number of benzene rings is 9. The summed E-state index contributed by atoms with van der Waals surface area (Å²) in [6.45, 7) is 0. The molecule has 3 heterocycles. The molecule has 3 aliphatic rings. The minimum Gasteiger partial charge on any atom is -0.279 e. The van der Waals surface area contributed by atoms with Gasteiger partial charge in [-0.3, -0.25) is 20.9 Å². The SMILES string of the molecule is c1ccc(C2NC(c3ccccc3)NC(c3cc(-c4ccc(-c5nc6ccccc6c6ccncc56)cc4)cc(-c4cccc5c4-c4ccccc4C54c5ccccc5-c5ccccc54)c3)N2)cc1. The fourth-order valence-corrected chi connectivity index (χ4v) is 11.9. The highest BCUT2D eigenvalue weighted by Gasteiger charge is 2.52. The molecule has 0 saturated carbocycles. The number of hydrogen-bond donors (Lipinski definition) is 3. The van der Waals surface area contributed by atoms with Gasteiger partial charge in [-0.1, -0.05) is 194 Å². The van der Waals surface area contributed by atoms with Gasteiger partial charge in [0.15, 0.2) is 0 Å². The molecular weight excluding hydrogens is 839 g/mol. The zero-order valence-electron chi connectivity index (χ0n) is 37.6. The molecule has 1 saturated heterocycles. The molecule has 14 rings (SSSR count). The maximum atomic E-state index is 5.22. The Balaban J connectivity index is 0.964. The topological polar surface area (TPSA) is 61.9 Å². The molecule has 5 heteroatoms. The van der Waals surface area contributed by atoms with Crippen LogP contribution in [0, 0.1) is 0 Å². The third-order valence-electron chi connectivity index (χ3n) is 14.9. The van der Waals surface area contributed by atoms with Crippen LogP contribution >= 0.6 is 0 Å². The lowest BCUT2D eigenvalue weighted by atomic mass is 9.70. The van der Waals surface area contributed by atoms with E-state index in [9.17, 15) is 0 Å². The van der Waals surface area contributed by atoms with Gasteiger partial charge in [-0.25, -0.2) is 4.98 Å². The van der Waals surface area contributed by atoms with E-state index in [0.717, 1.165) is 55.2 Å². The summed E-state index contributed by atoms with van der Waals surface area (Å²) < 4.78 is 0. The third-order valence-corrected chi connectivity index (χ3v) is 14.9. The predicted molar refractivity (Wildman–Crippen MR) is 280 cm³/mol. The first-order chi connectivity index (χ1) is 34.2. The van der Waals surface area contributed by atoms with E-state index in [4.69, 9.17) is 4.98 Å². The molecule has 1 fully saturated rings. The number of nitrogens with zero attached hydrogens (tertiary/aromatic N) is 2. The molecule has 0 radical (unpaired) electrons. The van der Waals surface area contributed by atoms with Crippen molar-refractivity contribution in [2.45, 2.75) is 23.9 Å². The lowest BCUT2D eigenvalue weighted by molar-refractivity contribution is 0.203. The second kappa shape index (κ2) is 15.9. The summed E-state index contributed by atoms with van der Waals surface area (Å²) in [6.07, 6.45) is 3.39. The first-order valence-electron chi connectivity index (χ1n) is 23.9. The second-order valence-electron chi connectivity index (χ2n) is 18.6. The van der Waals surface area contributed by atoms with Crippen LogP contribution in [0.3, 0.4) is 0 Å². The van der Waals surface area contributed by atoms with Crippen molar-refractivity contribution in [2.24, 2.45) is 0 Å². The summed E-state index contributed by atoms with van der Waals surface area (Å²) in [5.41, 5.74) is 21.2. The molecule has 11 aromatic rings. The van der Waals surface area contributed by atoms with Gasteiger partial charge in [0.05, 0.1) is 35.1 Å². The number of pyridine rings is 2. The van der Waals surface area contributed by atoms with Gasteiger partial charge >= 0.3 is 0 Å². The van der Waals surface area contributed by atoms with E-state index < -0.39 is 5.41 Å². The average Bonchev–Trinajstić information content (AvgIpc) is 3.91. The Morgan fingerprint density at radius 2 is 0.870 bits per heavy atom. The first kappa shape index (κ1) is 39.8. The van der Waals surface area contributed by atoms with Crippen molar-refractivity contribution in [3.63, 3.8) is 0 Å². The van der Waals surface area contributed by atoms with Crippen LogP contribution in [0.5, 0.6) is 0 Å². The van der Waals surface area contributed by atoms with Gasteiger partial charge in [0.25, 0.3) is 0 Å². The number of hydrogen-bond acceptors (Lipinski definition) is 5. The van der Waals surface area contributed by atoms with Gasteiger partial charge in [-0.2, -0.15) is 0 Å². The van der Waals surface area contributed by atoms with Gasteiger partial charge < -0.3 is 0 Å². The molecule has 2 aromatic heterocycles. The van der Waals surface area contributed by atoms with E-state index in [2.05, 4.69) is 245 Å². The van der Waals surface area contributed by atoms with Crippen LogP contribution in [-0.4, -0.2) is 9.97 Å². The third kappa shape index (κ3) is 6.22. The average molecular weight is 884 g/mol. The van der Waals surface area contributed by atoms with Crippen molar-refractivity contribution in [3.05, 3.63) is 276 Å². The van der Waals surface area contributed by atoms with Crippen molar-refractivity contribution >= 4 is 21.7 Å². The summed E-state index contributed by atoms with van der Waals surface area (Å²) >= 11 is 0. The van der Waals surface area contributed by atoms with Gasteiger partial charge in [-0.15, -0.1) is 0 Å². The number of nitrogens with one attached hydrogen (secondary N) is 3. The zero-order chi connectivity index (χ0) is 45.5. The van der Waals surface area contributed by atoms with Gasteiger partial charge in [-0.05, 0) is 119 Å². The number of para-hydroxylation sites is 1. The normalized spacial score (nSPS) is 17.4. The smallest absolute Gasteiger partial charge is 0.0865 e. The molecule has 0 bridgehead atoms. The van der Waals surface area contributed by atoms with Crippen molar-refractivity contribution < 1.29 is 0 Å². The van der Waals surface area contributed by atoms with E-state index >= 15 is 0 Å². The Hall–Kier alpha value is -8.32. The van der Waals surface area contributed by atoms with E-state index in [0.29, 0.717) is 0 Å². The summed E-state index contributed by atoms with van der Waals surface area (Å²) in [5, 5.41) is 15.2. The standard InChI is InChI=1S/C64H45N5/c1-3-16-42(17-4-1)61-67-62(43-18-5-2-6-19-43)69-63(68-61)46-37-44(40-30-32-41(33-31-40)60-53-39-65-35-34-48(53)51-22-10-14-29-58(51)66-60)36-45(38-46)47-24-15-28-57-59(47)52-23-9-13-27-56(52)64(57)54-25-11-7-20-49(54)50-21-8-12-26-55(50)64/h1-39,61-63,67-69H. The van der Waals surface area contributed by atoms with Gasteiger partial charge in [0.1, 0.15) is 0 Å². The summed E-state index contributed by atoms with van der Waals surface area (Å²) in [7, 11) is 0. The fourth-order valence-electron chi connectivity index (χ4n) is 11.9. The molecule has 2 unspecified atom stereocenters. The Morgan fingerprint density at radius 1 is 0.348 bits per heavy atom. The summed E-state index contributed by atoms with van der Waals surface area (Å²) in [6, 6.07) is 82.2. The molecule has 3 N–H and O–H groups in total. The number of rotatable bonds is 6. The lowest BCUT2D eigenvalue weighted by Gasteiger charge is -2.40. The maximum absolute atomic E-state index is 5.22. The molecule has 326 valence electrons. The van der Waals surface area contributed by atoms with Crippen LogP contribution in [0.25, 0.3) is 77.4 Å². The Labute approximate surface area is 401 Å². The summed E-state index contributed by atoms with van der Waals surface area (Å²) in [4.78, 5) is 9.76. The first-order valence-corrected chi connectivity index (χ1v) is 23.9. The quantitative estimate of drug-likeness (QED) is 0.145. The van der Waals surface area contributed by atoms with Crippen LogP contribution < -0.4 is 16.0 Å². The Kier molecular flexibility index (Phi) is 9.17. The molecule has 0 amide bonds. The number of fused-ring (bicyclic) bond motifs is 13. The molecule has 2 atom stereocenters. The Morgan fingerprint density at radius 3 is 1.55 bits per heavy atom. The van der Waals surface area contributed by atoms with Crippen molar-refractivity contribution in [1.82, 2.24) is 25.9 Å². The highest BCUT2D eigenvalue weighted by Crippen LogP contribution is 2.64. The minimum absolute atomic E-state index is 0.108. The molecule has 1 spiro atoms. The van der Waals surface area contributed by atoms with Crippen molar-refractivity contribution in [1.29, 1.82) is 0 Å². The van der Waals surface area contributed by atoms with Gasteiger partial charge in [0, 0.05) is 28.7 Å². The van der Waals surface area contributed by atoms with E-state index in [1.165, 1.54) is 61.2 Å². The Bertz CT molecular complexity index is 3700. The van der Waals surface area contributed by atoms with Crippen LogP contribution in [-0.2, 0) is 5.41 Å². The highest BCUT2D eigenvalue weighted by atomic mass is 15.4. The summed E-state index contributed by atoms with van der Waals surface area (Å²) in [5.74, 6) is 0. The van der Waals surface area contributed by atoms with Crippen LogP contribution in [0.1, 0.15) is 57.4 Å². The zero-order valence-corrected chi connectivity index (χ0v) is 37.6. The van der Waals surface area contributed by atoms with E-state index in [1.54, 1.807) is 0 Å². The molecule has 9 aromatic carbocycles. The van der Waals surface area contributed by atoms with Crippen LogP contribution in [0.15, 0.2) is 237 Å². The predicted octanol–water partition coefficient (Wildman–Crippen LogP) is 14.3. The molecule has 5 nitrogen and oxygen atoms in total. The van der Waals surface area contributed by atoms with Crippen LogP contribution in [0.2, 0.25) is 0 Å². The van der Waals surface area contributed by atoms with E-state index in [1.807, 2.05) is 12.4 Å². The number of aromatic nitrogens is 2. The van der Waals surface area contributed by atoms with Crippen molar-refractivity contribution in [2.75, 3.05) is 0 Å². The monoisotopic (exact) mass is 883 g/mol. The lowest BCUT2D eigenvalue weighted by Crippen LogP contribution is -2.54. The maximum Gasteiger partial charge on any atom is 0.0865 e. The molecule has 69 heavy (non-hydrogen) atoms. The highest BCUT2D eigenvalue weighted by molar-refractivity contribution is 6.10. The second-order valence-corrected chi connectivity index (χ2v) is 18.6. The molecule has 1 aliphatic heterocycles. The van der Waals surface area contributed by atoms with Crippen LogP contribution in [0.4, 0.5) is 0 Å². The van der Waals surface area contributed by atoms with Crippen molar-refractivity contribution in [3.8, 4) is 55.8 Å². The molecule has 2 aliphatic carbocycles. The minimum atomic E-state index is -0.439. The fraction of sp³-hybridized carbons (Fsp3) is 0.0625. The largest absolute Gasteiger partial charge is 0.279 e. The van der Waals surface area contributed by atoms with Gasteiger partial charge in [0.2, 0.25) is 0 Å². The molecular formula is C64H45N5.